The molecule has 3 rings (SSSR count). The molecular formula is C18H14FNO3. The predicted molar refractivity (Wildman–Crippen MR) is 84.0 cm³/mol. The van der Waals surface area contributed by atoms with Crippen molar-refractivity contribution in [1.29, 1.82) is 0 Å². The first-order chi connectivity index (χ1) is 11.0. The number of halogens is 1. The summed E-state index contributed by atoms with van der Waals surface area (Å²) in [5.74, 6) is -1.37. The molecule has 0 radical (unpaired) electrons. The number of nitrogens with one attached hydrogen (secondary N) is 1. The molecule has 2 N–H and O–H groups in total. The largest absolute Gasteiger partial charge is 0.375 e. The zero-order valence-corrected chi connectivity index (χ0v) is 12.1. The summed E-state index contributed by atoms with van der Waals surface area (Å²) in [6.45, 7) is 0. The highest BCUT2D eigenvalue weighted by molar-refractivity contribution is 6.08. The van der Waals surface area contributed by atoms with E-state index in [1.54, 1.807) is 24.3 Å². The van der Waals surface area contributed by atoms with Crippen molar-refractivity contribution in [2.24, 2.45) is 0 Å². The van der Waals surface area contributed by atoms with Gasteiger partial charge in [-0.25, -0.2) is 4.39 Å². The van der Waals surface area contributed by atoms with E-state index in [2.05, 4.69) is 5.32 Å². The number of aliphatic hydroxyl groups is 1. The number of hydrogen-bond donors (Lipinski definition) is 2. The number of anilines is 1. The highest BCUT2D eigenvalue weighted by atomic mass is 19.1. The number of benzene rings is 2. The second-order valence-electron chi connectivity index (χ2n) is 5.39. The first-order valence-corrected chi connectivity index (χ1v) is 7.09. The minimum Gasteiger partial charge on any atom is -0.375 e. The summed E-state index contributed by atoms with van der Waals surface area (Å²) >= 11 is 0. The summed E-state index contributed by atoms with van der Waals surface area (Å²) in [6.07, 6.45) is 2.44. The molecule has 0 aliphatic carbocycles. The van der Waals surface area contributed by atoms with Gasteiger partial charge in [-0.3, -0.25) is 9.59 Å². The molecular weight excluding hydrogens is 297 g/mol. The smallest absolute Gasteiger partial charge is 0.261 e. The van der Waals surface area contributed by atoms with E-state index in [-0.39, 0.29) is 12.2 Å². The van der Waals surface area contributed by atoms with Crippen LogP contribution in [0.2, 0.25) is 0 Å². The minimum absolute atomic E-state index is 0.354. The Labute approximate surface area is 132 Å². The van der Waals surface area contributed by atoms with Crippen LogP contribution in [0.15, 0.2) is 54.6 Å². The van der Waals surface area contributed by atoms with Gasteiger partial charge in [0.05, 0.1) is 6.42 Å². The van der Waals surface area contributed by atoms with E-state index in [9.17, 15) is 19.1 Å². The van der Waals surface area contributed by atoms with Crippen molar-refractivity contribution >= 4 is 23.5 Å². The van der Waals surface area contributed by atoms with Crippen LogP contribution in [0, 0.1) is 5.82 Å². The number of fused-ring (bicyclic) bond motifs is 1. The molecule has 0 saturated heterocycles. The van der Waals surface area contributed by atoms with Crippen molar-refractivity contribution < 1.29 is 19.1 Å². The maximum atomic E-state index is 12.8. The second-order valence-corrected chi connectivity index (χ2v) is 5.39. The molecule has 1 unspecified atom stereocenters. The van der Waals surface area contributed by atoms with E-state index in [1.165, 1.54) is 36.4 Å². The number of carbonyl (C=O) groups excluding carboxylic acids is 2. The first kappa shape index (κ1) is 15.1. The van der Waals surface area contributed by atoms with Crippen molar-refractivity contribution in [3.05, 3.63) is 71.6 Å². The summed E-state index contributed by atoms with van der Waals surface area (Å²) < 4.78 is 12.8. The average Bonchev–Trinajstić information content (AvgIpc) is 2.78. The molecule has 4 nitrogen and oxygen atoms in total. The fourth-order valence-corrected chi connectivity index (χ4v) is 2.55. The summed E-state index contributed by atoms with van der Waals surface area (Å²) in [7, 11) is 0. The molecule has 0 saturated carbocycles. The van der Waals surface area contributed by atoms with Gasteiger partial charge in [0.1, 0.15) is 5.82 Å². The molecule has 1 amide bonds. The van der Waals surface area contributed by atoms with Crippen LogP contribution in [0.25, 0.3) is 6.08 Å². The molecule has 0 spiro atoms. The number of ketones is 1. The van der Waals surface area contributed by atoms with Crippen LogP contribution in [0.3, 0.4) is 0 Å². The quantitative estimate of drug-likeness (QED) is 0.853. The number of para-hydroxylation sites is 1. The summed E-state index contributed by atoms with van der Waals surface area (Å²) in [5.41, 5.74) is -0.298. The van der Waals surface area contributed by atoms with Gasteiger partial charge in [0, 0.05) is 11.3 Å². The Kier molecular flexibility index (Phi) is 3.80. The van der Waals surface area contributed by atoms with Gasteiger partial charge in [-0.05, 0) is 29.8 Å². The lowest BCUT2D eigenvalue weighted by Crippen LogP contribution is -2.36. The topological polar surface area (TPSA) is 66.4 Å². The van der Waals surface area contributed by atoms with Gasteiger partial charge in [0.15, 0.2) is 11.4 Å². The Hall–Kier alpha value is -2.79. The van der Waals surface area contributed by atoms with Crippen LogP contribution in [0.1, 0.15) is 17.5 Å². The molecule has 23 heavy (non-hydrogen) atoms. The van der Waals surface area contributed by atoms with Gasteiger partial charge < -0.3 is 10.4 Å². The van der Waals surface area contributed by atoms with Gasteiger partial charge in [-0.15, -0.1) is 0 Å². The Balaban J connectivity index is 1.77. The van der Waals surface area contributed by atoms with E-state index in [4.69, 9.17) is 0 Å². The predicted octanol–water partition coefficient (Wildman–Crippen LogP) is 2.64. The van der Waals surface area contributed by atoms with Crippen molar-refractivity contribution in [3.63, 3.8) is 0 Å². The van der Waals surface area contributed by atoms with Crippen LogP contribution < -0.4 is 5.32 Å². The Morgan fingerprint density at radius 3 is 2.61 bits per heavy atom. The average molecular weight is 311 g/mol. The fraction of sp³-hybridized carbons (Fsp3) is 0.111. The lowest BCUT2D eigenvalue weighted by atomic mass is 9.90. The van der Waals surface area contributed by atoms with Crippen LogP contribution in [0.4, 0.5) is 10.1 Å². The Morgan fingerprint density at radius 1 is 1.17 bits per heavy atom. The third-order valence-electron chi connectivity index (χ3n) is 3.76. The molecule has 2 aromatic carbocycles. The molecule has 1 aliphatic heterocycles. The molecule has 1 heterocycles. The highest BCUT2D eigenvalue weighted by Gasteiger charge is 2.46. The van der Waals surface area contributed by atoms with Crippen LogP contribution in [-0.4, -0.2) is 16.8 Å². The number of amides is 1. The number of carbonyl (C=O) groups is 2. The van der Waals surface area contributed by atoms with E-state index in [0.717, 1.165) is 0 Å². The SMILES string of the molecule is O=C(/C=C/c1ccc(F)cc1)CC1(O)C(=O)Nc2ccccc21. The Bertz CT molecular complexity index is 798. The number of allylic oxidation sites excluding steroid dienone is 1. The van der Waals surface area contributed by atoms with Gasteiger partial charge in [-0.2, -0.15) is 0 Å². The van der Waals surface area contributed by atoms with Gasteiger partial charge in [-0.1, -0.05) is 36.4 Å². The van der Waals surface area contributed by atoms with Gasteiger partial charge >= 0.3 is 0 Å². The van der Waals surface area contributed by atoms with Crippen LogP contribution >= 0.6 is 0 Å². The summed E-state index contributed by atoms with van der Waals surface area (Å²) in [5, 5.41) is 13.2. The minimum atomic E-state index is -1.86. The maximum Gasteiger partial charge on any atom is 0.261 e. The van der Waals surface area contributed by atoms with Crippen molar-refractivity contribution in [2.45, 2.75) is 12.0 Å². The van der Waals surface area contributed by atoms with E-state index < -0.39 is 17.3 Å². The normalized spacial score (nSPS) is 19.7. The molecule has 116 valence electrons. The third-order valence-corrected chi connectivity index (χ3v) is 3.76. The molecule has 1 aliphatic rings. The third kappa shape index (κ3) is 2.91. The molecule has 0 fully saturated rings. The lowest BCUT2D eigenvalue weighted by molar-refractivity contribution is -0.138. The highest BCUT2D eigenvalue weighted by Crippen LogP contribution is 2.38. The molecule has 0 aromatic heterocycles. The van der Waals surface area contributed by atoms with Crippen molar-refractivity contribution in [1.82, 2.24) is 0 Å². The molecule has 5 heteroatoms. The van der Waals surface area contributed by atoms with Gasteiger partial charge in [0.2, 0.25) is 0 Å². The molecule has 1 atom stereocenters. The maximum absolute atomic E-state index is 12.8. The van der Waals surface area contributed by atoms with Gasteiger partial charge in [0.25, 0.3) is 5.91 Å². The molecule has 2 aromatic rings. The summed E-state index contributed by atoms with van der Waals surface area (Å²) in [6, 6.07) is 12.4. The van der Waals surface area contributed by atoms with E-state index >= 15 is 0 Å². The summed E-state index contributed by atoms with van der Waals surface area (Å²) in [4.78, 5) is 24.1. The zero-order valence-electron chi connectivity index (χ0n) is 12.1. The zero-order chi connectivity index (χ0) is 16.4. The monoisotopic (exact) mass is 311 g/mol. The Morgan fingerprint density at radius 2 is 1.87 bits per heavy atom. The van der Waals surface area contributed by atoms with Crippen molar-refractivity contribution in [3.8, 4) is 0 Å². The standard InChI is InChI=1S/C18H14FNO3/c19-13-8-5-12(6-9-13)7-10-14(21)11-18(23)15-3-1-2-4-16(15)20-17(18)22/h1-10,23H,11H2,(H,20,22)/b10-7+. The second kappa shape index (κ2) is 5.78. The van der Waals surface area contributed by atoms with E-state index in [1.807, 2.05) is 0 Å². The van der Waals surface area contributed by atoms with Crippen LogP contribution in [0.5, 0.6) is 0 Å². The number of rotatable bonds is 4. The molecule has 0 bridgehead atoms. The number of hydrogen-bond acceptors (Lipinski definition) is 3. The first-order valence-electron chi connectivity index (χ1n) is 7.09. The van der Waals surface area contributed by atoms with Crippen LogP contribution in [-0.2, 0) is 15.2 Å². The lowest BCUT2D eigenvalue weighted by Gasteiger charge is -2.18. The van der Waals surface area contributed by atoms with E-state index in [0.29, 0.717) is 16.8 Å². The fourth-order valence-electron chi connectivity index (χ4n) is 2.55. The van der Waals surface area contributed by atoms with Crippen molar-refractivity contribution in [2.75, 3.05) is 5.32 Å².